The van der Waals surface area contributed by atoms with Crippen LogP contribution in [-0.4, -0.2) is 60.5 Å². The van der Waals surface area contributed by atoms with Gasteiger partial charge in [0, 0.05) is 45.5 Å². The minimum absolute atomic E-state index is 0.0173. The summed E-state index contributed by atoms with van der Waals surface area (Å²) in [6.45, 7) is 3.22. The Bertz CT molecular complexity index is 773. The monoisotopic (exact) mass is 329 g/mol. The van der Waals surface area contributed by atoms with Gasteiger partial charge in [-0.2, -0.15) is 0 Å². The Kier molecular flexibility index (Phi) is 4.57. The molecule has 1 N–H and O–H groups in total. The van der Waals surface area contributed by atoms with Gasteiger partial charge in [-0.3, -0.25) is 19.9 Å². The van der Waals surface area contributed by atoms with Gasteiger partial charge in [0.15, 0.2) is 0 Å². The van der Waals surface area contributed by atoms with Crippen LogP contribution in [0.5, 0.6) is 0 Å². The molecule has 8 nitrogen and oxygen atoms in total. The second kappa shape index (κ2) is 6.79. The first-order valence-corrected chi connectivity index (χ1v) is 7.79. The molecule has 1 fully saturated rings. The molecule has 2 heterocycles. The minimum Gasteiger partial charge on any atom is -0.364 e. The molecular weight excluding hydrogens is 310 g/mol. The van der Waals surface area contributed by atoms with E-state index in [0.717, 1.165) is 13.1 Å². The molecule has 0 saturated carbocycles. The van der Waals surface area contributed by atoms with E-state index in [0.29, 0.717) is 29.7 Å². The lowest BCUT2D eigenvalue weighted by molar-refractivity contribution is -0.383. The highest BCUT2D eigenvalue weighted by molar-refractivity contribution is 5.98. The lowest BCUT2D eigenvalue weighted by Crippen LogP contribution is -2.49. The summed E-state index contributed by atoms with van der Waals surface area (Å²) in [7, 11) is 1.80. The van der Waals surface area contributed by atoms with Gasteiger partial charge in [0.1, 0.15) is 5.52 Å². The zero-order valence-electron chi connectivity index (χ0n) is 13.4. The van der Waals surface area contributed by atoms with Crippen molar-refractivity contribution in [3.05, 3.63) is 40.6 Å². The first-order valence-electron chi connectivity index (χ1n) is 7.79. The highest BCUT2D eigenvalue weighted by Crippen LogP contribution is 2.31. The molecule has 1 aromatic heterocycles. The largest absolute Gasteiger partial charge is 0.364 e. The van der Waals surface area contributed by atoms with Crippen molar-refractivity contribution >= 4 is 28.2 Å². The van der Waals surface area contributed by atoms with Crippen LogP contribution in [0.1, 0.15) is 0 Å². The smallest absolute Gasteiger partial charge is 0.278 e. The van der Waals surface area contributed by atoms with E-state index in [2.05, 4.69) is 10.3 Å². The van der Waals surface area contributed by atoms with E-state index in [-0.39, 0.29) is 18.1 Å². The quantitative estimate of drug-likeness (QED) is 0.665. The van der Waals surface area contributed by atoms with E-state index in [9.17, 15) is 14.9 Å². The van der Waals surface area contributed by atoms with Gasteiger partial charge in [-0.05, 0) is 18.2 Å². The molecule has 0 unspecified atom stereocenters. The number of piperazine rings is 1. The number of likely N-dealkylation sites (N-methyl/N-ethyl adjacent to an activating group) is 1. The third kappa shape index (κ3) is 3.13. The second-order valence-corrected chi connectivity index (χ2v) is 5.75. The number of fused-ring (bicyclic) bond motifs is 1. The molecule has 1 aliphatic rings. The van der Waals surface area contributed by atoms with Gasteiger partial charge in [-0.25, -0.2) is 0 Å². The molecule has 1 aliphatic heterocycles. The number of nitro benzene ring substituents is 1. The average Bonchev–Trinajstić information content (AvgIpc) is 2.61. The van der Waals surface area contributed by atoms with Crippen molar-refractivity contribution in [1.82, 2.24) is 15.2 Å². The van der Waals surface area contributed by atoms with E-state index in [1.54, 1.807) is 36.3 Å². The molecule has 1 amide bonds. The summed E-state index contributed by atoms with van der Waals surface area (Å²) in [5.74, 6) is 0.0430. The molecule has 0 radical (unpaired) electrons. The molecule has 0 bridgehead atoms. The highest BCUT2D eigenvalue weighted by Gasteiger charge is 2.21. The van der Waals surface area contributed by atoms with Crippen LogP contribution in [-0.2, 0) is 4.79 Å². The molecule has 24 heavy (non-hydrogen) atoms. The fraction of sp³-hybridized carbons (Fsp3) is 0.375. The van der Waals surface area contributed by atoms with Gasteiger partial charge in [-0.15, -0.1) is 0 Å². The zero-order valence-corrected chi connectivity index (χ0v) is 13.4. The Labute approximate surface area is 139 Å². The highest BCUT2D eigenvalue weighted by atomic mass is 16.6. The first kappa shape index (κ1) is 16.1. The van der Waals surface area contributed by atoms with Crippen molar-refractivity contribution in [3.8, 4) is 0 Å². The number of pyridine rings is 1. The van der Waals surface area contributed by atoms with Crippen molar-refractivity contribution in [2.75, 3.05) is 44.7 Å². The van der Waals surface area contributed by atoms with Crippen LogP contribution in [0.15, 0.2) is 30.5 Å². The third-order valence-corrected chi connectivity index (χ3v) is 4.18. The summed E-state index contributed by atoms with van der Waals surface area (Å²) < 4.78 is 0. The molecule has 0 atom stereocenters. The number of amides is 1. The maximum atomic E-state index is 12.4. The number of aromatic nitrogens is 1. The van der Waals surface area contributed by atoms with Crippen molar-refractivity contribution in [2.45, 2.75) is 0 Å². The van der Waals surface area contributed by atoms with Gasteiger partial charge in [0.05, 0.1) is 22.5 Å². The Balaban J connectivity index is 1.87. The summed E-state index contributed by atoms with van der Waals surface area (Å²) in [6, 6.07) is 6.46. The number of rotatable bonds is 4. The predicted octanol–water partition coefficient (Wildman–Crippen LogP) is 1.01. The number of nitro groups is 1. The minimum atomic E-state index is -0.417. The van der Waals surface area contributed by atoms with Crippen molar-refractivity contribution in [3.63, 3.8) is 0 Å². The van der Waals surface area contributed by atoms with E-state index < -0.39 is 4.92 Å². The van der Waals surface area contributed by atoms with Crippen LogP contribution in [0.4, 0.5) is 11.4 Å². The number of anilines is 1. The van der Waals surface area contributed by atoms with E-state index in [1.165, 1.54) is 6.07 Å². The normalized spacial score (nSPS) is 14.6. The van der Waals surface area contributed by atoms with Crippen LogP contribution in [0.3, 0.4) is 0 Å². The number of benzene rings is 1. The number of nitrogens with zero attached hydrogens (tertiary/aromatic N) is 4. The van der Waals surface area contributed by atoms with Crippen molar-refractivity contribution < 1.29 is 9.72 Å². The molecule has 0 spiro atoms. The summed E-state index contributed by atoms with van der Waals surface area (Å²) >= 11 is 0. The zero-order chi connectivity index (χ0) is 17.1. The van der Waals surface area contributed by atoms with Gasteiger partial charge in [0.25, 0.3) is 5.69 Å². The number of hydrogen-bond donors (Lipinski definition) is 1. The summed E-state index contributed by atoms with van der Waals surface area (Å²) in [6.07, 6.45) is 1.60. The van der Waals surface area contributed by atoms with E-state index in [1.807, 2.05) is 4.90 Å². The van der Waals surface area contributed by atoms with Crippen LogP contribution in [0, 0.1) is 10.1 Å². The molecule has 3 rings (SSSR count). The summed E-state index contributed by atoms with van der Waals surface area (Å²) in [4.78, 5) is 31.1. The van der Waals surface area contributed by atoms with Crippen LogP contribution < -0.4 is 10.2 Å². The first-order chi connectivity index (χ1) is 11.6. The summed E-state index contributed by atoms with van der Waals surface area (Å²) in [5.41, 5.74) is 1.26. The van der Waals surface area contributed by atoms with Crippen LogP contribution >= 0.6 is 0 Å². The average molecular weight is 329 g/mol. The standard InChI is InChI=1S/C16H19N5O3/c1-19(11-15(22)20-9-7-17-8-10-20)14-5-4-13(21(23)24)12-3-2-6-18-16(12)14/h2-6,17H,7-11H2,1H3. The third-order valence-electron chi connectivity index (χ3n) is 4.18. The van der Waals surface area contributed by atoms with Crippen LogP contribution in [0.25, 0.3) is 10.9 Å². The molecule has 0 aliphatic carbocycles. The number of hydrogen-bond acceptors (Lipinski definition) is 6. The molecule has 1 saturated heterocycles. The molecule has 8 heteroatoms. The SMILES string of the molecule is CN(CC(=O)N1CCNCC1)c1ccc([N+](=O)[O-])c2cccnc12. The Morgan fingerprint density at radius 2 is 2.12 bits per heavy atom. The number of non-ortho nitro benzene ring substituents is 1. The van der Waals surface area contributed by atoms with E-state index >= 15 is 0 Å². The van der Waals surface area contributed by atoms with Gasteiger partial charge >= 0.3 is 0 Å². The van der Waals surface area contributed by atoms with Crippen LogP contribution in [0.2, 0.25) is 0 Å². The Morgan fingerprint density at radius 3 is 2.83 bits per heavy atom. The molecule has 2 aromatic rings. The second-order valence-electron chi connectivity index (χ2n) is 5.75. The fourth-order valence-corrected chi connectivity index (χ4v) is 2.91. The topological polar surface area (TPSA) is 91.6 Å². The maximum absolute atomic E-state index is 12.4. The van der Waals surface area contributed by atoms with E-state index in [4.69, 9.17) is 0 Å². The number of carbonyl (C=O) groups excluding carboxylic acids is 1. The van der Waals surface area contributed by atoms with Gasteiger partial charge in [0.2, 0.25) is 5.91 Å². The molecule has 1 aromatic carbocycles. The number of carbonyl (C=O) groups is 1. The van der Waals surface area contributed by atoms with Gasteiger partial charge < -0.3 is 15.1 Å². The molecular formula is C16H19N5O3. The number of nitrogens with one attached hydrogen (secondary N) is 1. The van der Waals surface area contributed by atoms with Crippen molar-refractivity contribution in [1.29, 1.82) is 0 Å². The lowest BCUT2D eigenvalue weighted by Gasteiger charge is -2.30. The molecule has 126 valence electrons. The lowest BCUT2D eigenvalue weighted by atomic mass is 10.1. The fourth-order valence-electron chi connectivity index (χ4n) is 2.91. The predicted molar refractivity (Wildman–Crippen MR) is 91.1 cm³/mol. The Morgan fingerprint density at radius 1 is 1.38 bits per heavy atom. The maximum Gasteiger partial charge on any atom is 0.278 e. The summed E-state index contributed by atoms with van der Waals surface area (Å²) in [5, 5.41) is 14.9. The van der Waals surface area contributed by atoms with Crippen molar-refractivity contribution in [2.24, 2.45) is 0 Å². The Hall–Kier alpha value is -2.74. The van der Waals surface area contributed by atoms with Gasteiger partial charge in [-0.1, -0.05) is 0 Å².